The normalized spacial score (nSPS) is 15.6. The van der Waals surface area contributed by atoms with Crippen LogP contribution >= 0.6 is 0 Å². The summed E-state index contributed by atoms with van der Waals surface area (Å²) < 4.78 is 6.53. The molecule has 30 heavy (non-hydrogen) atoms. The largest absolute Gasteiger partial charge is 0.497 e. The smallest absolute Gasteiger partial charge is 0.339 e. The van der Waals surface area contributed by atoms with Crippen LogP contribution in [0.4, 0.5) is 5.69 Å². The summed E-state index contributed by atoms with van der Waals surface area (Å²) in [4.78, 5) is 38.7. The Bertz CT molecular complexity index is 1130. The fourth-order valence-corrected chi connectivity index (χ4v) is 3.61. The van der Waals surface area contributed by atoms with Crippen LogP contribution in [0, 0.1) is 0 Å². The lowest BCUT2D eigenvalue weighted by atomic mass is 10.0. The van der Waals surface area contributed by atoms with Crippen LogP contribution in [0.25, 0.3) is 0 Å². The van der Waals surface area contributed by atoms with E-state index < -0.39 is 11.9 Å². The Morgan fingerprint density at radius 1 is 1.07 bits per heavy atom. The molecule has 8 heteroatoms. The SMILES string of the molecule is COc1ccc(C(=O)c2ccc(N3C(=O)c4c(C(=O)O)cnn4C[C@@H]3C)cc2)cc1. The second-order valence-electron chi connectivity index (χ2n) is 7.02. The first kappa shape index (κ1) is 19.4. The molecule has 1 amide bonds. The third-order valence-electron chi connectivity index (χ3n) is 5.13. The number of anilines is 1. The molecule has 0 fully saturated rings. The molecular formula is C22H19N3O5. The van der Waals surface area contributed by atoms with Crippen LogP contribution in [-0.4, -0.2) is 45.7 Å². The minimum Gasteiger partial charge on any atom is -0.497 e. The molecule has 1 N–H and O–H groups in total. The van der Waals surface area contributed by atoms with Gasteiger partial charge in [-0.3, -0.25) is 14.3 Å². The fourth-order valence-electron chi connectivity index (χ4n) is 3.61. The van der Waals surface area contributed by atoms with Crippen molar-refractivity contribution >= 4 is 23.3 Å². The van der Waals surface area contributed by atoms with Crippen LogP contribution in [0.1, 0.15) is 43.7 Å². The van der Waals surface area contributed by atoms with Gasteiger partial charge in [-0.05, 0) is 55.5 Å². The molecule has 3 aromatic rings. The van der Waals surface area contributed by atoms with E-state index in [0.717, 1.165) is 0 Å². The second-order valence-corrected chi connectivity index (χ2v) is 7.02. The molecule has 152 valence electrons. The highest BCUT2D eigenvalue weighted by atomic mass is 16.5. The van der Waals surface area contributed by atoms with E-state index in [2.05, 4.69) is 5.10 Å². The number of carboxylic acid groups (broad SMARTS) is 1. The van der Waals surface area contributed by atoms with Crippen molar-refractivity contribution in [2.24, 2.45) is 0 Å². The molecule has 1 aliphatic rings. The van der Waals surface area contributed by atoms with Crippen molar-refractivity contribution in [1.29, 1.82) is 0 Å². The summed E-state index contributed by atoms with van der Waals surface area (Å²) in [6.07, 6.45) is 1.20. The summed E-state index contributed by atoms with van der Waals surface area (Å²) in [6, 6.07) is 13.3. The van der Waals surface area contributed by atoms with E-state index in [1.807, 2.05) is 6.92 Å². The van der Waals surface area contributed by atoms with Gasteiger partial charge in [-0.15, -0.1) is 0 Å². The van der Waals surface area contributed by atoms with E-state index in [4.69, 9.17) is 4.74 Å². The van der Waals surface area contributed by atoms with Crippen LogP contribution in [0.3, 0.4) is 0 Å². The molecule has 0 radical (unpaired) electrons. The Kier molecular flexibility index (Phi) is 4.83. The van der Waals surface area contributed by atoms with E-state index in [-0.39, 0.29) is 23.1 Å². The molecular weight excluding hydrogens is 386 g/mol. The van der Waals surface area contributed by atoms with Crippen molar-refractivity contribution in [3.05, 3.63) is 77.1 Å². The molecule has 0 saturated heterocycles. The third kappa shape index (κ3) is 3.22. The van der Waals surface area contributed by atoms with Crippen molar-refractivity contribution in [1.82, 2.24) is 9.78 Å². The van der Waals surface area contributed by atoms with E-state index in [9.17, 15) is 19.5 Å². The number of aromatic nitrogens is 2. The highest BCUT2D eigenvalue weighted by molar-refractivity contribution is 6.12. The number of rotatable bonds is 5. The Hall–Kier alpha value is -3.94. The lowest BCUT2D eigenvalue weighted by Gasteiger charge is -2.34. The van der Waals surface area contributed by atoms with Gasteiger partial charge in [-0.1, -0.05) is 0 Å². The first-order chi connectivity index (χ1) is 14.4. The second kappa shape index (κ2) is 7.47. The number of hydrogen-bond acceptors (Lipinski definition) is 5. The fraction of sp³-hybridized carbons (Fsp3) is 0.182. The number of methoxy groups -OCH3 is 1. The van der Waals surface area contributed by atoms with Gasteiger partial charge in [0.2, 0.25) is 0 Å². The van der Waals surface area contributed by atoms with Crippen LogP contribution < -0.4 is 9.64 Å². The molecule has 2 aromatic carbocycles. The average Bonchev–Trinajstić information content (AvgIpc) is 3.18. The number of nitrogens with zero attached hydrogens (tertiary/aromatic N) is 3. The molecule has 0 aliphatic carbocycles. The van der Waals surface area contributed by atoms with Crippen molar-refractivity contribution in [2.45, 2.75) is 19.5 Å². The molecule has 0 spiro atoms. The Balaban J connectivity index is 1.61. The first-order valence-corrected chi connectivity index (χ1v) is 9.32. The summed E-state index contributed by atoms with van der Waals surface area (Å²) in [5.41, 5.74) is 1.53. The molecule has 2 heterocycles. The van der Waals surface area contributed by atoms with Gasteiger partial charge in [0.1, 0.15) is 17.0 Å². The number of amides is 1. The van der Waals surface area contributed by atoms with Crippen molar-refractivity contribution in [3.8, 4) is 5.75 Å². The molecule has 0 saturated carbocycles. The minimum atomic E-state index is -1.19. The number of carbonyl (C=O) groups excluding carboxylic acids is 2. The van der Waals surface area contributed by atoms with Gasteiger partial charge in [-0.2, -0.15) is 5.10 Å². The van der Waals surface area contributed by atoms with Gasteiger partial charge in [0.15, 0.2) is 5.78 Å². The summed E-state index contributed by atoms with van der Waals surface area (Å²) in [5.74, 6) is -1.11. The highest BCUT2D eigenvalue weighted by Crippen LogP contribution is 2.27. The minimum absolute atomic E-state index is 0.0546. The standard InChI is InChI=1S/C22H19N3O5/c1-13-12-24-19(18(11-23-24)22(28)29)21(27)25(13)16-7-3-14(4-8-16)20(26)15-5-9-17(30-2)10-6-15/h3-11,13H,12H2,1-2H3,(H,28,29)/t13-/m0/s1. The van der Waals surface area contributed by atoms with Crippen LogP contribution in [0.15, 0.2) is 54.7 Å². The van der Waals surface area contributed by atoms with Crippen LogP contribution in [0.5, 0.6) is 5.75 Å². The number of aromatic carboxylic acids is 1. The van der Waals surface area contributed by atoms with Crippen molar-refractivity contribution in [2.75, 3.05) is 12.0 Å². The Morgan fingerprint density at radius 3 is 2.23 bits per heavy atom. The van der Waals surface area contributed by atoms with Crippen molar-refractivity contribution < 1.29 is 24.2 Å². The van der Waals surface area contributed by atoms with E-state index >= 15 is 0 Å². The van der Waals surface area contributed by atoms with Gasteiger partial charge in [0.25, 0.3) is 5.91 Å². The van der Waals surface area contributed by atoms with E-state index in [1.54, 1.807) is 55.6 Å². The molecule has 1 aliphatic heterocycles. The van der Waals surface area contributed by atoms with Gasteiger partial charge in [-0.25, -0.2) is 4.79 Å². The predicted molar refractivity (Wildman–Crippen MR) is 108 cm³/mol. The summed E-state index contributed by atoms with van der Waals surface area (Å²) in [7, 11) is 1.56. The molecule has 1 aromatic heterocycles. The molecule has 4 rings (SSSR count). The maximum absolute atomic E-state index is 13.0. The monoisotopic (exact) mass is 405 g/mol. The number of hydrogen-bond donors (Lipinski definition) is 1. The topological polar surface area (TPSA) is 102 Å². The number of carbonyl (C=O) groups is 3. The van der Waals surface area contributed by atoms with E-state index in [0.29, 0.717) is 29.1 Å². The number of benzene rings is 2. The lowest BCUT2D eigenvalue weighted by molar-refractivity contribution is 0.0689. The maximum Gasteiger partial charge on any atom is 0.339 e. The quantitative estimate of drug-likeness (QED) is 0.655. The van der Waals surface area contributed by atoms with Gasteiger partial charge < -0.3 is 14.7 Å². The molecule has 0 bridgehead atoms. The number of ether oxygens (including phenoxy) is 1. The van der Waals surface area contributed by atoms with Gasteiger partial charge in [0, 0.05) is 16.8 Å². The molecule has 1 atom stereocenters. The summed E-state index contributed by atoms with van der Waals surface area (Å²) >= 11 is 0. The van der Waals surface area contributed by atoms with Crippen LogP contribution in [0.2, 0.25) is 0 Å². The first-order valence-electron chi connectivity index (χ1n) is 9.32. The summed E-state index contributed by atoms with van der Waals surface area (Å²) in [5, 5.41) is 13.4. The zero-order valence-corrected chi connectivity index (χ0v) is 16.4. The third-order valence-corrected chi connectivity index (χ3v) is 5.13. The molecule has 8 nitrogen and oxygen atoms in total. The average molecular weight is 405 g/mol. The van der Waals surface area contributed by atoms with Crippen molar-refractivity contribution in [3.63, 3.8) is 0 Å². The van der Waals surface area contributed by atoms with E-state index in [1.165, 1.54) is 15.8 Å². The Morgan fingerprint density at radius 2 is 1.67 bits per heavy atom. The molecule has 0 unspecified atom stereocenters. The van der Waals surface area contributed by atoms with Crippen LogP contribution in [-0.2, 0) is 6.54 Å². The van der Waals surface area contributed by atoms with Gasteiger partial charge in [0.05, 0.1) is 25.9 Å². The Labute approximate surface area is 172 Å². The lowest BCUT2D eigenvalue weighted by Crippen LogP contribution is -2.47. The van der Waals surface area contributed by atoms with Gasteiger partial charge >= 0.3 is 5.97 Å². The number of carboxylic acids is 1. The zero-order valence-electron chi connectivity index (χ0n) is 16.4. The number of ketones is 1. The zero-order chi connectivity index (χ0) is 21.4. The maximum atomic E-state index is 13.0. The summed E-state index contributed by atoms with van der Waals surface area (Å²) in [6.45, 7) is 2.24. The number of fused-ring (bicyclic) bond motifs is 1. The highest BCUT2D eigenvalue weighted by Gasteiger charge is 2.35. The predicted octanol–water partition coefficient (Wildman–Crippen LogP) is 2.87.